The zero-order chi connectivity index (χ0) is 40.2. The van der Waals surface area contributed by atoms with Gasteiger partial charge in [0.2, 0.25) is 11.8 Å². The molecule has 0 fully saturated rings. The average Bonchev–Trinajstić information content (AvgIpc) is 3.92. The summed E-state index contributed by atoms with van der Waals surface area (Å²) in [5.74, 6) is 6.36. The van der Waals surface area contributed by atoms with E-state index in [2.05, 4.69) is 125 Å². The number of rotatable bonds is 6. The van der Waals surface area contributed by atoms with E-state index < -0.39 is 0 Å². The molecule has 0 amide bonds. The molecule has 296 valence electrons. The highest BCUT2D eigenvalue weighted by Crippen LogP contribution is 2.17. The van der Waals surface area contributed by atoms with Crippen molar-refractivity contribution in [2.24, 2.45) is 11.1 Å². The number of oxime groups is 1. The Morgan fingerprint density at radius 1 is 0.755 bits per heavy atom. The highest BCUT2D eigenvalue weighted by Gasteiger charge is 2.10. The number of aromatic amines is 1. The number of aromatic nitrogens is 11. The van der Waals surface area contributed by atoms with E-state index in [4.69, 9.17) is 13.8 Å². The number of nitrogens with one attached hydrogen (secondary N) is 1. The second kappa shape index (κ2) is 24.1. The lowest BCUT2D eigenvalue weighted by atomic mass is 10.1. The van der Waals surface area contributed by atoms with Gasteiger partial charge < -0.3 is 13.8 Å². The summed E-state index contributed by atoms with van der Waals surface area (Å²) in [5.41, 5.74) is 3.21. The van der Waals surface area contributed by atoms with Crippen LogP contribution >= 0.6 is 11.3 Å². The number of hydrogen-bond donors (Lipinski definition) is 1. The van der Waals surface area contributed by atoms with Crippen LogP contribution in [0.5, 0.6) is 0 Å². The Hall–Kier alpha value is -4.34. The van der Waals surface area contributed by atoms with Crippen LogP contribution in [0, 0.1) is 40.5 Å². The van der Waals surface area contributed by atoms with Gasteiger partial charge in [0.15, 0.2) is 5.82 Å². The van der Waals surface area contributed by atoms with E-state index in [1.165, 1.54) is 5.71 Å². The van der Waals surface area contributed by atoms with Gasteiger partial charge in [-0.05, 0) is 53.4 Å². The van der Waals surface area contributed by atoms with Gasteiger partial charge in [-0.3, -0.25) is 5.10 Å². The first-order valence-electron chi connectivity index (χ1n) is 18.3. The number of hydrogen-bond acceptors (Lipinski definition) is 14. The SMILES string of the molecule is CC(C)C1=NOCC1.Cc1cc(C(C)C)no1.Cc1cn(C(C)C)nn1.Cc1nc(C(C)C)n[nH]1.Cc1nnc(C(C)C)o1.Cc1nnc(C(C)C)s1. The number of aryl methyl sites for hydroxylation is 5. The lowest BCUT2D eigenvalue weighted by Gasteiger charge is -2.00. The van der Waals surface area contributed by atoms with Crippen molar-refractivity contribution in [3.05, 3.63) is 62.9 Å². The lowest BCUT2D eigenvalue weighted by Crippen LogP contribution is -2.03. The van der Waals surface area contributed by atoms with Crippen molar-refractivity contribution in [3.63, 3.8) is 0 Å². The fourth-order valence-electron chi connectivity index (χ4n) is 3.70. The average molecular weight is 757 g/mol. The molecule has 1 aliphatic heterocycles. The zero-order valence-corrected chi connectivity index (χ0v) is 35.9. The molecule has 6 rings (SSSR count). The highest BCUT2D eigenvalue weighted by atomic mass is 32.1. The van der Waals surface area contributed by atoms with Crippen LogP contribution in [0.3, 0.4) is 0 Å². The van der Waals surface area contributed by atoms with E-state index in [0.717, 1.165) is 51.8 Å². The van der Waals surface area contributed by atoms with Crippen molar-refractivity contribution < 1.29 is 13.8 Å². The predicted molar refractivity (Wildman–Crippen MR) is 210 cm³/mol. The maximum atomic E-state index is 5.12. The normalized spacial score (nSPS) is 11.9. The Bertz CT molecular complexity index is 1450. The molecule has 0 saturated carbocycles. The third-order valence-electron chi connectivity index (χ3n) is 6.89. The van der Waals surface area contributed by atoms with Gasteiger partial charge in [-0.15, -0.1) is 36.8 Å². The molecule has 53 heavy (non-hydrogen) atoms. The molecule has 15 nitrogen and oxygen atoms in total. The second-order valence-corrected chi connectivity index (χ2v) is 15.5. The topological polar surface area (TPSA) is 185 Å². The van der Waals surface area contributed by atoms with Crippen molar-refractivity contribution in [3.8, 4) is 0 Å². The minimum absolute atomic E-state index is 0.339. The highest BCUT2D eigenvalue weighted by molar-refractivity contribution is 7.11. The monoisotopic (exact) mass is 756 g/mol. The summed E-state index contributed by atoms with van der Waals surface area (Å²) in [5, 5.41) is 39.8. The van der Waals surface area contributed by atoms with Crippen LogP contribution in [0.2, 0.25) is 0 Å². The molecule has 1 N–H and O–H groups in total. The van der Waals surface area contributed by atoms with Crippen LogP contribution < -0.4 is 0 Å². The van der Waals surface area contributed by atoms with Crippen LogP contribution in [-0.2, 0) is 4.84 Å². The van der Waals surface area contributed by atoms with E-state index >= 15 is 0 Å². The first-order valence-corrected chi connectivity index (χ1v) is 19.1. The molecular formula is C37H64N12O3S. The van der Waals surface area contributed by atoms with Crippen molar-refractivity contribution in [1.29, 1.82) is 0 Å². The van der Waals surface area contributed by atoms with E-state index in [1.54, 1.807) is 18.3 Å². The molecule has 5 aromatic rings. The summed E-state index contributed by atoms with van der Waals surface area (Å²) in [6.45, 7) is 35.3. The van der Waals surface area contributed by atoms with Crippen molar-refractivity contribution in [1.82, 2.24) is 55.7 Å². The molecule has 1 aliphatic rings. The number of H-pyrrole nitrogens is 1. The quantitative estimate of drug-likeness (QED) is 0.173. The van der Waals surface area contributed by atoms with E-state index in [1.807, 2.05) is 58.5 Å². The molecule has 0 radical (unpaired) electrons. The Labute approximate surface area is 320 Å². The number of nitrogens with zero attached hydrogens (tertiary/aromatic N) is 11. The molecular weight excluding hydrogens is 693 g/mol. The summed E-state index contributed by atoms with van der Waals surface area (Å²) in [7, 11) is 0. The maximum absolute atomic E-state index is 5.12. The van der Waals surface area contributed by atoms with Crippen molar-refractivity contribution in [2.75, 3.05) is 6.61 Å². The molecule has 6 heterocycles. The van der Waals surface area contributed by atoms with Crippen molar-refractivity contribution >= 4 is 17.0 Å². The third kappa shape index (κ3) is 19.3. The molecule has 0 spiro atoms. The van der Waals surface area contributed by atoms with E-state index in [-0.39, 0.29) is 0 Å². The largest absolute Gasteiger partial charge is 0.425 e. The van der Waals surface area contributed by atoms with E-state index in [9.17, 15) is 0 Å². The van der Waals surface area contributed by atoms with Crippen LogP contribution in [-0.4, -0.2) is 68.0 Å². The second-order valence-electron chi connectivity index (χ2n) is 14.3. The Morgan fingerprint density at radius 2 is 1.43 bits per heavy atom. The molecule has 0 unspecified atom stereocenters. The molecule has 0 saturated heterocycles. The Balaban J connectivity index is 0.000000318. The van der Waals surface area contributed by atoms with Gasteiger partial charge >= 0.3 is 0 Å². The first-order chi connectivity index (χ1) is 24.8. The Kier molecular flexibility index (Phi) is 21.2. The molecule has 0 bridgehead atoms. The first kappa shape index (κ1) is 46.7. The van der Waals surface area contributed by atoms with Gasteiger partial charge in [0.05, 0.1) is 17.1 Å². The fourth-order valence-corrected chi connectivity index (χ4v) is 4.40. The molecule has 0 atom stereocenters. The summed E-state index contributed by atoms with van der Waals surface area (Å²) in [6.07, 6.45) is 2.96. The van der Waals surface area contributed by atoms with Gasteiger partial charge in [-0.25, -0.2) is 9.67 Å². The fraction of sp³-hybridized carbons (Fsp3) is 0.676. The van der Waals surface area contributed by atoms with Gasteiger partial charge in [0.25, 0.3) is 0 Å². The summed E-state index contributed by atoms with van der Waals surface area (Å²) in [6, 6.07) is 2.39. The third-order valence-corrected chi connectivity index (χ3v) is 8.03. The zero-order valence-electron chi connectivity index (χ0n) is 35.1. The van der Waals surface area contributed by atoms with E-state index in [0.29, 0.717) is 47.4 Å². The molecule has 0 aromatic carbocycles. The summed E-state index contributed by atoms with van der Waals surface area (Å²) >= 11 is 1.67. The van der Waals surface area contributed by atoms with Gasteiger partial charge in [-0.2, -0.15) is 5.10 Å². The van der Waals surface area contributed by atoms with Crippen LogP contribution in [0.4, 0.5) is 0 Å². The summed E-state index contributed by atoms with van der Waals surface area (Å²) < 4.78 is 11.8. The standard InChI is InChI=1S/C7H11NO.2C6H11N3.C6H10N2O.C6H10N2S.C6H11NO/c1-5(2)7-4-6(3)9-8-7;1-5(2)9-4-6(3)7-8-9;1-4(2)6-7-5(3)8-9-6;2*1-4(2)6-8-7-5(3)9-6;1-5(2)6-3-4-8-7-6/h2*4-5H,1-3H3;4H,1-3H3,(H,7,8,9);2*4H,1-3H3;5H,3-4H2,1-2H3. The van der Waals surface area contributed by atoms with Crippen LogP contribution in [0.1, 0.15) is 170 Å². The smallest absolute Gasteiger partial charge is 0.219 e. The van der Waals surface area contributed by atoms with Crippen molar-refractivity contribution in [2.45, 2.75) is 154 Å². The molecule has 0 aliphatic carbocycles. The minimum Gasteiger partial charge on any atom is -0.425 e. The summed E-state index contributed by atoms with van der Waals surface area (Å²) in [4.78, 5) is 8.95. The minimum atomic E-state index is 0.339. The Morgan fingerprint density at radius 3 is 1.66 bits per heavy atom. The predicted octanol–water partition coefficient (Wildman–Crippen LogP) is 9.40. The van der Waals surface area contributed by atoms with Gasteiger partial charge in [-0.1, -0.05) is 84.8 Å². The molecule has 16 heteroatoms. The lowest BCUT2D eigenvalue weighted by molar-refractivity contribution is 0.173. The van der Waals surface area contributed by atoms with Gasteiger partial charge in [0, 0.05) is 49.4 Å². The van der Waals surface area contributed by atoms with Crippen LogP contribution in [0.15, 0.2) is 26.4 Å². The van der Waals surface area contributed by atoms with Crippen LogP contribution in [0.25, 0.3) is 0 Å². The van der Waals surface area contributed by atoms with Gasteiger partial charge in [0.1, 0.15) is 28.2 Å². The maximum Gasteiger partial charge on any atom is 0.219 e. The molecule has 5 aromatic heterocycles.